The van der Waals surface area contributed by atoms with Crippen molar-refractivity contribution in [3.8, 4) is 5.75 Å². The SMILES string of the molecule is COc1ccc(C(=O)N(C)Cc2cccc(F)c2)c(F)c1. The van der Waals surface area contributed by atoms with Crippen molar-refractivity contribution in [2.45, 2.75) is 6.54 Å². The molecule has 0 aromatic heterocycles. The first-order chi connectivity index (χ1) is 10.0. The van der Waals surface area contributed by atoms with E-state index in [1.807, 2.05) is 0 Å². The lowest BCUT2D eigenvalue weighted by atomic mass is 10.1. The summed E-state index contributed by atoms with van der Waals surface area (Å²) in [5, 5.41) is 0. The van der Waals surface area contributed by atoms with Crippen LogP contribution in [0.3, 0.4) is 0 Å². The molecule has 2 aromatic rings. The summed E-state index contributed by atoms with van der Waals surface area (Å²) in [6, 6.07) is 9.99. The van der Waals surface area contributed by atoms with Gasteiger partial charge in [-0.1, -0.05) is 12.1 Å². The van der Waals surface area contributed by atoms with Crippen LogP contribution in [0.5, 0.6) is 5.75 Å². The van der Waals surface area contributed by atoms with Crippen molar-refractivity contribution in [1.82, 2.24) is 4.90 Å². The molecule has 21 heavy (non-hydrogen) atoms. The first-order valence-corrected chi connectivity index (χ1v) is 6.34. The van der Waals surface area contributed by atoms with Crippen LogP contribution in [0.4, 0.5) is 8.78 Å². The highest BCUT2D eigenvalue weighted by atomic mass is 19.1. The highest BCUT2D eigenvalue weighted by Crippen LogP contribution is 2.18. The highest BCUT2D eigenvalue weighted by molar-refractivity contribution is 5.94. The van der Waals surface area contributed by atoms with Crippen molar-refractivity contribution in [3.63, 3.8) is 0 Å². The van der Waals surface area contributed by atoms with E-state index in [4.69, 9.17) is 4.74 Å². The number of methoxy groups -OCH3 is 1. The maximum Gasteiger partial charge on any atom is 0.256 e. The Labute approximate surface area is 121 Å². The lowest BCUT2D eigenvalue weighted by Crippen LogP contribution is -2.27. The van der Waals surface area contributed by atoms with Crippen molar-refractivity contribution in [2.24, 2.45) is 0 Å². The van der Waals surface area contributed by atoms with Gasteiger partial charge in [0, 0.05) is 19.7 Å². The van der Waals surface area contributed by atoms with E-state index in [1.54, 1.807) is 12.1 Å². The Kier molecular flexibility index (Phi) is 4.52. The van der Waals surface area contributed by atoms with Crippen LogP contribution in [0.25, 0.3) is 0 Å². The van der Waals surface area contributed by atoms with E-state index in [0.717, 1.165) is 6.07 Å². The zero-order valence-corrected chi connectivity index (χ0v) is 11.8. The summed E-state index contributed by atoms with van der Waals surface area (Å²) < 4.78 is 31.9. The molecule has 0 unspecified atom stereocenters. The highest BCUT2D eigenvalue weighted by Gasteiger charge is 2.17. The van der Waals surface area contributed by atoms with Crippen LogP contribution in [-0.4, -0.2) is 25.0 Å². The molecular weight excluding hydrogens is 276 g/mol. The van der Waals surface area contributed by atoms with Gasteiger partial charge >= 0.3 is 0 Å². The molecule has 0 saturated heterocycles. The average Bonchev–Trinajstić information content (AvgIpc) is 2.46. The zero-order chi connectivity index (χ0) is 15.4. The van der Waals surface area contributed by atoms with Crippen LogP contribution in [-0.2, 0) is 6.54 Å². The number of hydrogen-bond donors (Lipinski definition) is 0. The standard InChI is InChI=1S/C16H15F2NO2/c1-19(10-11-4-3-5-12(17)8-11)16(20)14-7-6-13(21-2)9-15(14)18/h3-9H,10H2,1-2H3. The molecule has 0 saturated carbocycles. The first-order valence-electron chi connectivity index (χ1n) is 6.34. The lowest BCUT2D eigenvalue weighted by Gasteiger charge is -2.18. The number of hydrogen-bond acceptors (Lipinski definition) is 2. The van der Waals surface area contributed by atoms with E-state index in [9.17, 15) is 13.6 Å². The van der Waals surface area contributed by atoms with Crippen molar-refractivity contribution >= 4 is 5.91 Å². The maximum absolute atomic E-state index is 13.9. The summed E-state index contributed by atoms with van der Waals surface area (Å²) >= 11 is 0. The number of carbonyl (C=O) groups is 1. The Morgan fingerprint density at radius 3 is 2.57 bits per heavy atom. The van der Waals surface area contributed by atoms with E-state index < -0.39 is 11.7 Å². The smallest absolute Gasteiger partial charge is 0.256 e. The van der Waals surface area contributed by atoms with Crippen molar-refractivity contribution < 1.29 is 18.3 Å². The summed E-state index contributed by atoms with van der Waals surface area (Å²) in [6.07, 6.45) is 0. The normalized spacial score (nSPS) is 10.3. The molecule has 0 aliphatic heterocycles. The molecule has 0 heterocycles. The van der Waals surface area contributed by atoms with Gasteiger partial charge in [-0.25, -0.2) is 8.78 Å². The maximum atomic E-state index is 13.9. The number of halogens is 2. The molecule has 0 N–H and O–H groups in total. The molecule has 0 radical (unpaired) electrons. The Hall–Kier alpha value is -2.43. The second-order valence-corrected chi connectivity index (χ2v) is 4.64. The van der Waals surface area contributed by atoms with Gasteiger partial charge in [-0.3, -0.25) is 4.79 Å². The summed E-state index contributed by atoms with van der Waals surface area (Å²) in [4.78, 5) is 13.5. The third kappa shape index (κ3) is 3.56. The Balaban J connectivity index is 2.15. The van der Waals surface area contributed by atoms with Crippen LogP contribution in [0, 0.1) is 11.6 Å². The molecule has 5 heteroatoms. The van der Waals surface area contributed by atoms with E-state index in [-0.39, 0.29) is 17.9 Å². The molecule has 3 nitrogen and oxygen atoms in total. The fourth-order valence-electron chi connectivity index (χ4n) is 1.98. The Morgan fingerprint density at radius 1 is 1.19 bits per heavy atom. The largest absolute Gasteiger partial charge is 0.497 e. The minimum absolute atomic E-state index is 0.0466. The van der Waals surface area contributed by atoms with Crippen LogP contribution in [0.1, 0.15) is 15.9 Å². The molecule has 0 fully saturated rings. The quantitative estimate of drug-likeness (QED) is 0.865. The minimum Gasteiger partial charge on any atom is -0.497 e. The van der Waals surface area contributed by atoms with E-state index in [0.29, 0.717) is 11.3 Å². The molecule has 2 rings (SSSR count). The van der Waals surface area contributed by atoms with E-state index in [1.165, 1.54) is 43.3 Å². The number of carbonyl (C=O) groups excluding carboxylic acids is 1. The number of benzene rings is 2. The first kappa shape index (κ1) is 15.0. The van der Waals surface area contributed by atoms with Crippen molar-refractivity contribution in [1.29, 1.82) is 0 Å². The van der Waals surface area contributed by atoms with Gasteiger partial charge in [-0.15, -0.1) is 0 Å². The van der Waals surface area contributed by atoms with Crippen LogP contribution in [0.2, 0.25) is 0 Å². The number of amides is 1. The minimum atomic E-state index is -0.648. The number of rotatable bonds is 4. The Morgan fingerprint density at radius 2 is 1.95 bits per heavy atom. The van der Waals surface area contributed by atoms with Gasteiger partial charge in [0.05, 0.1) is 12.7 Å². The summed E-state index contributed by atoms with van der Waals surface area (Å²) in [5.41, 5.74) is 0.592. The number of ether oxygens (including phenoxy) is 1. The molecule has 0 aliphatic carbocycles. The molecule has 0 aliphatic rings. The van der Waals surface area contributed by atoms with Crippen LogP contribution < -0.4 is 4.74 Å². The summed E-state index contributed by atoms with van der Waals surface area (Å²) in [6.45, 7) is 0.196. The second-order valence-electron chi connectivity index (χ2n) is 4.64. The topological polar surface area (TPSA) is 29.5 Å². The fraction of sp³-hybridized carbons (Fsp3) is 0.188. The van der Waals surface area contributed by atoms with Crippen molar-refractivity contribution in [2.75, 3.05) is 14.2 Å². The molecule has 110 valence electrons. The molecule has 0 spiro atoms. The third-order valence-corrected chi connectivity index (χ3v) is 3.06. The Bertz CT molecular complexity index is 658. The van der Waals surface area contributed by atoms with Crippen LogP contribution in [0.15, 0.2) is 42.5 Å². The van der Waals surface area contributed by atoms with Gasteiger partial charge in [0.2, 0.25) is 0 Å². The molecule has 0 atom stereocenters. The second kappa shape index (κ2) is 6.35. The van der Waals surface area contributed by atoms with E-state index in [2.05, 4.69) is 0 Å². The lowest BCUT2D eigenvalue weighted by molar-refractivity contribution is 0.0780. The van der Waals surface area contributed by atoms with Gasteiger partial charge in [0.25, 0.3) is 5.91 Å². The number of nitrogens with zero attached hydrogens (tertiary/aromatic N) is 1. The van der Waals surface area contributed by atoms with Gasteiger partial charge in [0.1, 0.15) is 17.4 Å². The van der Waals surface area contributed by atoms with Crippen molar-refractivity contribution in [3.05, 3.63) is 65.2 Å². The molecule has 1 amide bonds. The monoisotopic (exact) mass is 291 g/mol. The molecular formula is C16H15F2NO2. The predicted octanol–water partition coefficient (Wildman–Crippen LogP) is 3.25. The van der Waals surface area contributed by atoms with Crippen LogP contribution >= 0.6 is 0 Å². The van der Waals surface area contributed by atoms with Gasteiger partial charge in [0.15, 0.2) is 0 Å². The molecule has 2 aromatic carbocycles. The van der Waals surface area contributed by atoms with Gasteiger partial charge in [-0.05, 0) is 29.8 Å². The van der Waals surface area contributed by atoms with Gasteiger partial charge in [-0.2, -0.15) is 0 Å². The predicted molar refractivity (Wildman–Crippen MR) is 75.1 cm³/mol. The fourth-order valence-corrected chi connectivity index (χ4v) is 1.98. The van der Waals surface area contributed by atoms with Gasteiger partial charge < -0.3 is 9.64 Å². The summed E-state index contributed by atoms with van der Waals surface area (Å²) in [5.74, 6) is -1.15. The third-order valence-electron chi connectivity index (χ3n) is 3.06. The zero-order valence-electron chi connectivity index (χ0n) is 11.8. The average molecular weight is 291 g/mol. The molecule has 0 bridgehead atoms. The summed E-state index contributed by atoms with van der Waals surface area (Å²) in [7, 11) is 2.96. The van der Waals surface area contributed by atoms with E-state index >= 15 is 0 Å².